The lowest BCUT2D eigenvalue weighted by atomic mass is 9.97. The number of halogens is 2. The van der Waals surface area contributed by atoms with Gasteiger partial charge in [0.25, 0.3) is 0 Å². The maximum Gasteiger partial charge on any atom is 0.319 e. The first-order valence-electron chi connectivity index (χ1n) is 8.53. The number of amides is 3. The summed E-state index contributed by atoms with van der Waals surface area (Å²) >= 11 is 1.14. The fourth-order valence-corrected chi connectivity index (χ4v) is 3.72. The van der Waals surface area contributed by atoms with Crippen LogP contribution < -0.4 is 5.32 Å². The largest absolute Gasteiger partial charge is 0.331 e. The molecule has 1 aliphatic rings. The second kappa shape index (κ2) is 7.99. The van der Waals surface area contributed by atoms with E-state index in [4.69, 9.17) is 0 Å². The van der Waals surface area contributed by atoms with Crippen LogP contribution in [0.25, 0.3) is 11.3 Å². The topological polar surface area (TPSA) is 65.5 Å². The van der Waals surface area contributed by atoms with Gasteiger partial charge in [0.15, 0.2) is 5.13 Å². The first-order chi connectivity index (χ1) is 12.8. The van der Waals surface area contributed by atoms with Gasteiger partial charge in [0, 0.05) is 38.1 Å². The van der Waals surface area contributed by atoms with Crippen LogP contribution in [-0.2, 0) is 4.79 Å². The third kappa shape index (κ3) is 4.41. The van der Waals surface area contributed by atoms with Gasteiger partial charge in [-0.1, -0.05) is 0 Å². The highest BCUT2D eigenvalue weighted by atomic mass is 32.1. The predicted molar refractivity (Wildman–Crippen MR) is 99.5 cm³/mol. The number of likely N-dealkylation sites (tertiary alicyclic amines) is 1. The zero-order valence-electron chi connectivity index (χ0n) is 15.0. The normalized spacial score (nSPS) is 16.9. The number of anilines is 1. The number of piperidine rings is 1. The summed E-state index contributed by atoms with van der Waals surface area (Å²) in [5.74, 6) is -1.70. The molecule has 9 heteroatoms. The molecule has 6 nitrogen and oxygen atoms in total. The number of aromatic nitrogens is 1. The molecule has 0 radical (unpaired) electrons. The van der Waals surface area contributed by atoms with Gasteiger partial charge in [0.2, 0.25) is 5.91 Å². The van der Waals surface area contributed by atoms with E-state index in [2.05, 4.69) is 10.3 Å². The lowest BCUT2D eigenvalue weighted by molar-refractivity contribution is -0.121. The Morgan fingerprint density at radius 1 is 1.33 bits per heavy atom. The van der Waals surface area contributed by atoms with Gasteiger partial charge in [-0.25, -0.2) is 18.6 Å². The zero-order chi connectivity index (χ0) is 19.6. The third-order valence-corrected chi connectivity index (χ3v) is 5.14. The van der Waals surface area contributed by atoms with E-state index in [0.717, 1.165) is 36.0 Å². The minimum Gasteiger partial charge on any atom is -0.331 e. The molecule has 0 saturated carbocycles. The van der Waals surface area contributed by atoms with Crippen LogP contribution in [0.15, 0.2) is 23.6 Å². The number of benzene rings is 1. The van der Waals surface area contributed by atoms with Gasteiger partial charge in [-0.3, -0.25) is 4.79 Å². The number of rotatable bonds is 3. The molecular weight excluding hydrogens is 374 g/mol. The Labute approximate surface area is 159 Å². The maximum absolute atomic E-state index is 13.9. The molecular formula is C18H20F2N4O2S. The average molecular weight is 394 g/mol. The van der Waals surface area contributed by atoms with Crippen molar-refractivity contribution >= 4 is 28.4 Å². The molecule has 2 aromatic rings. The second-order valence-electron chi connectivity index (χ2n) is 6.61. The molecule has 0 bridgehead atoms. The molecule has 0 aliphatic carbocycles. The van der Waals surface area contributed by atoms with E-state index in [-0.39, 0.29) is 29.1 Å². The SMILES string of the molecule is CN(C)C(=O)N1CCC[C@H](C(=O)Nc2nc(-c3cc(F)ccc3F)cs2)C1. The minimum atomic E-state index is -0.579. The lowest BCUT2D eigenvalue weighted by Crippen LogP contribution is -2.47. The number of nitrogens with one attached hydrogen (secondary N) is 1. The van der Waals surface area contributed by atoms with Crippen LogP contribution >= 0.6 is 11.3 Å². The summed E-state index contributed by atoms with van der Waals surface area (Å²) in [5.41, 5.74) is 0.313. The van der Waals surface area contributed by atoms with E-state index in [1.54, 1.807) is 24.4 Å². The van der Waals surface area contributed by atoms with E-state index in [0.29, 0.717) is 24.6 Å². The van der Waals surface area contributed by atoms with Crippen molar-refractivity contribution in [3.8, 4) is 11.3 Å². The van der Waals surface area contributed by atoms with Gasteiger partial charge in [-0.15, -0.1) is 11.3 Å². The third-order valence-electron chi connectivity index (χ3n) is 4.38. The van der Waals surface area contributed by atoms with Crippen molar-refractivity contribution in [2.75, 3.05) is 32.5 Å². The molecule has 144 valence electrons. The molecule has 1 aromatic carbocycles. The summed E-state index contributed by atoms with van der Waals surface area (Å²) < 4.78 is 27.2. The predicted octanol–water partition coefficient (Wildman–Crippen LogP) is 3.42. The molecule has 0 spiro atoms. The number of carbonyl (C=O) groups excluding carboxylic acids is 2. The number of nitrogens with zero attached hydrogens (tertiary/aromatic N) is 3. The molecule has 1 saturated heterocycles. The van der Waals surface area contributed by atoms with Crippen molar-refractivity contribution in [1.29, 1.82) is 0 Å². The lowest BCUT2D eigenvalue weighted by Gasteiger charge is -2.33. The van der Waals surface area contributed by atoms with Crippen LogP contribution in [-0.4, -0.2) is 53.9 Å². The van der Waals surface area contributed by atoms with Crippen molar-refractivity contribution in [2.45, 2.75) is 12.8 Å². The summed E-state index contributed by atoms with van der Waals surface area (Å²) in [6, 6.07) is 3.03. The van der Waals surface area contributed by atoms with Gasteiger partial charge in [0.05, 0.1) is 11.6 Å². The van der Waals surface area contributed by atoms with E-state index in [9.17, 15) is 18.4 Å². The van der Waals surface area contributed by atoms with Gasteiger partial charge in [0.1, 0.15) is 11.6 Å². The molecule has 1 fully saturated rings. The van der Waals surface area contributed by atoms with E-state index < -0.39 is 11.6 Å². The molecule has 1 aromatic heterocycles. The first kappa shape index (κ1) is 19.2. The quantitative estimate of drug-likeness (QED) is 0.868. The fourth-order valence-electron chi connectivity index (χ4n) is 3.00. The van der Waals surface area contributed by atoms with Crippen LogP contribution in [0, 0.1) is 17.6 Å². The Kier molecular flexibility index (Phi) is 5.69. The number of thiazole rings is 1. The number of urea groups is 1. The Hall–Kier alpha value is -2.55. The Morgan fingerprint density at radius 2 is 2.11 bits per heavy atom. The average Bonchev–Trinajstić information content (AvgIpc) is 3.11. The molecule has 2 heterocycles. The summed E-state index contributed by atoms with van der Waals surface area (Å²) in [6.45, 7) is 0.973. The summed E-state index contributed by atoms with van der Waals surface area (Å²) in [7, 11) is 3.35. The van der Waals surface area contributed by atoms with E-state index in [1.165, 1.54) is 4.90 Å². The Bertz CT molecular complexity index is 856. The maximum atomic E-state index is 13.9. The van der Waals surface area contributed by atoms with Crippen LogP contribution in [0.4, 0.5) is 18.7 Å². The molecule has 3 amide bonds. The summed E-state index contributed by atoms with van der Waals surface area (Å²) in [5, 5.41) is 4.61. The zero-order valence-corrected chi connectivity index (χ0v) is 15.9. The Balaban J connectivity index is 1.67. The van der Waals surface area contributed by atoms with Crippen LogP contribution in [0.2, 0.25) is 0 Å². The van der Waals surface area contributed by atoms with Gasteiger partial charge in [-0.05, 0) is 31.0 Å². The van der Waals surface area contributed by atoms with E-state index in [1.807, 2.05) is 0 Å². The number of hydrogen-bond donors (Lipinski definition) is 1. The second-order valence-corrected chi connectivity index (χ2v) is 7.47. The monoisotopic (exact) mass is 394 g/mol. The van der Waals surface area contributed by atoms with Crippen molar-refractivity contribution in [3.05, 3.63) is 35.2 Å². The Morgan fingerprint density at radius 3 is 2.85 bits per heavy atom. The molecule has 27 heavy (non-hydrogen) atoms. The van der Waals surface area contributed by atoms with Crippen molar-refractivity contribution in [1.82, 2.24) is 14.8 Å². The number of carbonyl (C=O) groups is 2. The van der Waals surface area contributed by atoms with Crippen LogP contribution in [0.5, 0.6) is 0 Å². The highest BCUT2D eigenvalue weighted by Gasteiger charge is 2.29. The smallest absolute Gasteiger partial charge is 0.319 e. The standard InChI is InChI=1S/C18H20F2N4O2S/c1-23(2)18(26)24-7-3-4-11(9-24)16(25)22-17-21-15(10-27-17)13-8-12(19)5-6-14(13)20/h5-6,8,10-11H,3-4,7,9H2,1-2H3,(H,21,22,25)/t11-/m0/s1. The van der Waals surface area contributed by atoms with Crippen molar-refractivity contribution < 1.29 is 18.4 Å². The number of hydrogen-bond acceptors (Lipinski definition) is 4. The molecule has 1 N–H and O–H groups in total. The molecule has 0 unspecified atom stereocenters. The van der Waals surface area contributed by atoms with Crippen molar-refractivity contribution in [2.24, 2.45) is 5.92 Å². The highest BCUT2D eigenvalue weighted by molar-refractivity contribution is 7.14. The van der Waals surface area contributed by atoms with Gasteiger partial charge >= 0.3 is 6.03 Å². The van der Waals surface area contributed by atoms with Gasteiger partial charge < -0.3 is 15.1 Å². The first-order valence-corrected chi connectivity index (χ1v) is 9.41. The minimum absolute atomic E-state index is 0.0483. The van der Waals surface area contributed by atoms with Crippen LogP contribution in [0.1, 0.15) is 12.8 Å². The summed E-state index contributed by atoms with van der Waals surface area (Å²) in [6.07, 6.45) is 1.43. The van der Waals surface area contributed by atoms with Crippen LogP contribution in [0.3, 0.4) is 0 Å². The van der Waals surface area contributed by atoms with Crippen molar-refractivity contribution in [3.63, 3.8) is 0 Å². The molecule has 1 aliphatic heterocycles. The summed E-state index contributed by atoms with van der Waals surface area (Å²) in [4.78, 5) is 32.0. The highest BCUT2D eigenvalue weighted by Crippen LogP contribution is 2.28. The van der Waals surface area contributed by atoms with Gasteiger partial charge in [-0.2, -0.15) is 0 Å². The molecule has 1 atom stereocenters. The fraction of sp³-hybridized carbons (Fsp3) is 0.389. The van der Waals surface area contributed by atoms with E-state index >= 15 is 0 Å². The molecule has 3 rings (SSSR count).